The zero-order chi connectivity index (χ0) is 16.4. The Kier molecular flexibility index (Phi) is 4.78. The summed E-state index contributed by atoms with van der Waals surface area (Å²) in [5, 5.41) is 0. The first-order valence-electron chi connectivity index (χ1n) is 7.95. The smallest absolute Gasteiger partial charge is 0.263 e. The Hall–Kier alpha value is -1.72. The monoisotopic (exact) mass is 332 g/mol. The molecule has 1 amide bonds. The fourth-order valence-electron chi connectivity index (χ4n) is 3.01. The molecule has 23 heavy (non-hydrogen) atoms. The molecule has 0 radical (unpaired) electrons. The summed E-state index contributed by atoms with van der Waals surface area (Å²) >= 11 is 1.46. The van der Waals surface area contributed by atoms with Crippen LogP contribution in [0.1, 0.15) is 29.4 Å². The summed E-state index contributed by atoms with van der Waals surface area (Å²) in [6.45, 7) is 3.58. The number of rotatable bonds is 3. The van der Waals surface area contributed by atoms with Gasteiger partial charge in [-0.3, -0.25) is 4.79 Å². The van der Waals surface area contributed by atoms with E-state index in [4.69, 9.17) is 5.73 Å². The first-order valence-corrected chi connectivity index (χ1v) is 8.77. The van der Waals surface area contributed by atoms with Crippen molar-refractivity contribution in [3.63, 3.8) is 0 Å². The molecule has 0 aliphatic carbocycles. The number of halogens is 1. The van der Waals surface area contributed by atoms with E-state index in [1.807, 2.05) is 24.0 Å². The normalized spacial score (nSPS) is 17.3. The summed E-state index contributed by atoms with van der Waals surface area (Å²) in [5.41, 5.74) is 6.89. The van der Waals surface area contributed by atoms with E-state index in [1.54, 1.807) is 12.1 Å². The van der Waals surface area contributed by atoms with Gasteiger partial charge in [0.05, 0.1) is 4.88 Å². The highest BCUT2D eigenvalue weighted by molar-refractivity contribution is 7.17. The van der Waals surface area contributed by atoms with Crippen molar-refractivity contribution in [1.29, 1.82) is 0 Å². The van der Waals surface area contributed by atoms with E-state index in [0.717, 1.165) is 41.2 Å². The first kappa shape index (κ1) is 16.1. The van der Waals surface area contributed by atoms with E-state index < -0.39 is 0 Å². The minimum absolute atomic E-state index is 0.0893. The SMILES string of the molecule is CC(N)C1CCN(C(=O)c2ccc(-c3ccc(F)cc3)s2)CC1. The third-order valence-corrected chi connectivity index (χ3v) is 5.64. The van der Waals surface area contributed by atoms with Crippen LogP contribution in [0.3, 0.4) is 0 Å². The molecule has 2 aromatic rings. The van der Waals surface area contributed by atoms with Crippen LogP contribution in [0.4, 0.5) is 4.39 Å². The Bertz CT molecular complexity index is 673. The molecule has 1 unspecified atom stereocenters. The summed E-state index contributed by atoms with van der Waals surface area (Å²) in [7, 11) is 0. The van der Waals surface area contributed by atoms with Gasteiger partial charge in [0, 0.05) is 24.0 Å². The molecule has 5 heteroatoms. The number of hydrogen-bond donors (Lipinski definition) is 1. The molecule has 1 fully saturated rings. The molecule has 0 bridgehead atoms. The molecule has 1 aromatic carbocycles. The molecule has 122 valence electrons. The van der Waals surface area contributed by atoms with E-state index in [-0.39, 0.29) is 17.8 Å². The number of carbonyl (C=O) groups excluding carboxylic acids is 1. The van der Waals surface area contributed by atoms with Gasteiger partial charge in [0.2, 0.25) is 0 Å². The lowest BCUT2D eigenvalue weighted by atomic mass is 9.91. The van der Waals surface area contributed by atoms with Crippen molar-refractivity contribution in [3.8, 4) is 10.4 Å². The average Bonchev–Trinajstić information content (AvgIpc) is 3.05. The summed E-state index contributed by atoms with van der Waals surface area (Å²) in [6, 6.07) is 10.3. The van der Waals surface area contributed by atoms with Crippen molar-refractivity contribution in [2.24, 2.45) is 11.7 Å². The zero-order valence-corrected chi connectivity index (χ0v) is 14.0. The van der Waals surface area contributed by atoms with Gasteiger partial charge in [-0.15, -0.1) is 11.3 Å². The van der Waals surface area contributed by atoms with E-state index in [2.05, 4.69) is 0 Å². The molecular formula is C18H21FN2OS. The molecule has 1 aliphatic heterocycles. The van der Waals surface area contributed by atoms with Gasteiger partial charge in [-0.2, -0.15) is 0 Å². The van der Waals surface area contributed by atoms with Crippen molar-refractivity contribution in [2.75, 3.05) is 13.1 Å². The fraction of sp³-hybridized carbons (Fsp3) is 0.389. The topological polar surface area (TPSA) is 46.3 Å². The maximum Gasteiger partial charge on any atom is 0.263 e. The lowest BCUT2D eigenvalue weighted by Gasteiger charge is -2.33. The minimum Gasteiger partial charge on any atom is -0.338 e. The van der Waals surface area contributed by atoms with E-state index in [1.165, 1.54) is 23.5 Å². The van der Waals surface area contributed by atoms with Gasteiger partial charge in [-0.25, -0.2) is 4.39 Å². The summed E-state index contributed by atoms with van der Waals surface area (Å²) in [6.07, 6.45) is 1.94. The maximum absolute atomic E-state index is 13.0. The van der Waals surface area contributed by atoms with Crippen molar-refractivity contribution in [2.45, 2.75) is 25.8 Å². The van der Waals surface area contributed by atoms with Crippen LogP contribution < -0.4 is 5.73 Å². The van der Waals surface area contributed by atoms with Gasteiger partial charge in [-0.05, 0) is 55.5 Å². The van der Waals surface area contributed by atoms with Crippen molar-refractivity contribution in [3.05, 3.63) is 47.1 Å². The molecule has 1 saturated heterocycles. The molecular weight excluding hydrogens is 311 g/mol. The Labute approximate surface area is 139 Å². The quantitative estimate of drug-likeness (QED) is 0.930. The molecule has 2 N–H and O–H groups in total. The van der Waals surface area contributed by atoms with Gasteiger partial charge in [0.15, 0.2) is 0 Å². The second-order valence-electron chi connectivity index (χ2n) is 6.16. The van der Waals surface area contributed by atoms with Crippen LogP contribution in [0.5, 0.6) is 0 Å². The number of likely N-dealkylation sites (tertiary alicyclic amines) is 1. The number of piperidine rings is 1. The van der Waals surface area contributed by atoms with E-state index in [9.17, 15) is 9.18 Å². The number of carbonyl (C=O) groups is 1. The number of hydrogen-bond acceptors (Lipinski definition) is 3. The van der Waals surface area contributed by atoms with Crippen LogP contribution >= 0.6 is 11.3 Å². The Morgan fingerprint density at radius 1 is 1.22 bits per heavy atom. The predicted molar refractivity (Wildman–Crippen MR) is 92.0 cm³/mol. The molecule has 3 rings (SSSR count). The zero-order valence-electron chi connectivity index (χ0n) is 13.2. The van der Waals surface area contributed by atoms with Crippen LogP contribution in [0, 0.1) is 11.7 Å². The van der Waals surface area contributed by atoms with E-state index in [0.29, 0.717) is 5.92 Å². The molecule has 1 aromatic heterocycles. The summed E-state index contributed by atoms with van der Waals surface area (Å²) in [5.74, 6) is 0.349. The van der Waals surface area contributed by atoms with Gasteiger partial charge >= 0.3 is 0 Å². The highest BCUT2D eigenvalue weighted by Crippen LogP contribution is 2.30. The Morgan fingerprint density at radius 2 is 1.87 bits per heavy atom. The van der Waals surface area contributed by atoms with Gasteiger partial charge in [0.25, 0.3) is 5.91 Å². The van der Waals surface area contributed by atoms with Gasteiger partial charge < -0.3 is 10.6 Å². The summed E-state index contributed by atoms with van der Waals surface area (Å²) < 4.78 is 13.0. The number of benzene rings is 1. The van der Waals surface area contributed by atoms with Gasteiger partial charge in [0.1, 0.15) is 5.82 Å². The largest absolute Gasteiger partial charge is 0.338 e. The molecule has 3 nitrogen and oxygen atoms in total. The first-order chi connectivity index (χ1) is 11.0. The highest BCUT2D eigenvalue weighted by atomic mass is 32.1. The van der Waals surface area contributed by atoms with Crippen molar-refractivity contribution in [1.82, 2.24) is 4.90 Å². The van der Waals surface area contributed by atoms with Crippen LogP contribution in [0.2, 0.25) is 0 Å². The maximum atomic E-state index is 13.0. The molecule has 1 atom stereocenters. The number of amides is 1. The second-order valence-corrected chi connectivity index (χ2v) is 7.24. The summed E-state index contributed by atoms with van der Waals surface area (Å²) in [4.78, 5) is 16.3. The standard InChI is InChI=1S/C18H21FN2OS/c1-12(20)13-8-10-21(11-9-13)18(22)17-7-6-16(23-17)14-2-4-15(19)5-3-14/h2-7,12-13H,8-11,20H2,1H3. The number of thiophene rings is 1. The van der Waals surface area contributed by atoms with Gasteiger partial charge in [-0.1, -0.05) is 12.1 Å². The Balaban J connectivity index is 1.68. The average molecular weight is 332 g/mol. The Morgan fingerprint density at radius 3 is 2.48 bits per heavy atom. The molecule has 0 spiro atoms. The third kappa shape index (κ3) is 3.62. The number of nitrogens with zero attached hydrogens (tertiary/aromatic N) is 1. The molecule has 2 heterocycles. The third-order valence-electron chi connectivity index (χ3n) is 4.52. The minimum atomic E-state index is -0.251. The fourth-order valence-corrected chi connectivity index (χ4v) is 3.99. The predicted octanol–water partition coefficient (Wildman–Crippen LogP) is 3.75. The van der Waals surface area contributed by atoms with Crippen molar-refractivity contribution < 1.29 is 9.18 Å². The highest BCUT2D eigenvalue weighted by Gasteiger charge is 2.26. The van der Waals surface area contributed by atoms with Crippen LogP contribution in [-0.2, 0) is 0 Å². The molecule has 1 aliphatic rings. The second kappa shape index (κ2) is 6.81. The van der Waals surface area contributed by atoms with Crippen LogP contribution in [0.25, 0.3) is 10.4 Å². The van der Waals surface area contributed by atoms with E-state index >= 15 is 0 Å². The lowest BCUT2D eigenvalue weighted by Crippen LogP contribution is -2.42. The van der Waals surface area contributed by atoms with Crippen LogP contribution in [0.15, 0.2) is 36.4 Å². The molecule has 0 saturated carbocycles. The lowest BCUT2D eigenvalue weighted by molar-refractivity contribution is 0.0686. The number of nitrogens with two attached hydrogens (primary N) is 1. The van der Waals surface area contributed by atoms with Crippen LogP contribution in [-0.4, -0.2) is 29.9 Å². The van der Waals surface area contributed by atoms with Crippen molar-refractivity contribution >= 4 is 17.2 Å².